The van der Waals surface area contributed by atoms with Crippen molar-refractivity contribution in [2.75, 3.05) is 12.4 Å². The van der Waals surface area contributed by atoms with E-state index >= 15 is 0 Å². The number of nitriles is 1. The van der Waals surface area contributed by atoms with Gasteiger partial charge in [0, 0.05) is 11.3 Å². The van der Waals surface area contributed by atoms with Gasteiger partial charge in [-0.25, -0.2) is 0 Å². The van der Waals surface area contributed by atoms with E-state index in [9.17, 15) is 15.2 Å². The number of hydrogen-bond acceptors (Lipinski definition) is 4. The van der Waals surface area contributed by atoms with E-state index in [1.807, 2.05) is 6.07 Å². The van der Waals surface area contributed by atoms with Crippen molar-refractivity contribution in [3.63, 3.8) is 0 Å². The molecule has 0 heterocycles. The molecule has 0 aromatic heterocycles. The molecule has 0 spiro atoms. The Kier molecular flexibility index (Phi) is 6.89. The zero-order chi connectivity index (χ0) is 20.0. The molecule has 1 amide bonds. The van der Waals surface area contributed by atoms with Crippen LogP contribution < -0.4 is 10.1 Å². The van der Waals surface area contributed by atoms with Gasteiger partial charge >= 0.3 is 0 Å². The van der Waals surface area contributed by atoms with Crippen molar-refractivity contribution in [2.24, 2.45) is 0 Å². The lowest BCUT2D eigenvalue weighted by molar-refractivity contribution is -0.112. The Morgan fingerprint density at radius 2 is 2.07 bits per heavy atom. The quantitative estimate of drug-likeness (QED) is 0.405. The maximum atomic E-state index is 12.4. The highest BCUT2D eigenvalue weighted by Crippen LogP contribution is 2.33. The molecule has 0 atom stereocenters. The van der Waals surface area contributed by atoms with Crippen LogP contribution in [0.25, 0.3) is 6.08 Å². The Labute approximate surface area is 167 Å². The largest absolute Gasteiger partial charge is 0.504 e. The van der Waals surface area contributed by atoms with Gasteiger partial charge in [-0.2, -0.15) is 5.26 Å². The van der Waals surface area contributed by atoms with Crippen LogP contribution in [-0.2, 0) is 11.2 Å². The number of anilines is 1. The molecule has 0 aliphatic heterocycles. The van der Waals surface area contributed by atoms with Crippen molar-refractivity contribution in [3.05, 3.63) is 69.7 Å². The number of carbonyl (C=O) groups excluding carboxylic acids is 1. The molecule has 0 bridgehead atoms. The lowest BCUT2D eigenvalue weighted by Crippen LogP contribution is -2.13. The van der Waals surface area contributed by atoms with Crippen molar-refractivity contribution >= 4 is 40.9 Å². The van der Waals surface area contributed by atoms with Gasteiger partial charge in [0.25, 0.3) is 5.91 Å². The zero-order valence-corrected chi connectivity index (χ0v) is 15.9. The molecule has 0 fully saturated rings. The van der Waals surface area contributed by atoms with Crippen molar-refractivity contribution < 1.29 is 14.6 Å². The van der Waals surface area contributed by atoms with Gasteiger partial charge in [0.1, 0.15) is 11.6 Å². The van der Waals surface area contributed by atoms with E-state index < -0.39 is 5.91 Å². The number of nitrogens with one attached hydrogen (secondary N) is 1. The number of phenols is 1. The molecule has 2 aromatic carbocycles. The fraction of sp³-hybridized carbons (Fsp3) is 0.100. The highest BCUT2D eigenvalue weighted by atomic mass is 35.5. The molecular weight excluding hydrogens is 387 g/mol. The van der Waals surface area contributed by atoms with Gasteiger partial charge in [-0.05, 0) is 48.4 Å². The van der Waals surface area contributed by atoms with Crippen molar-refractivity contribution in [2.45, 2.75) is 6.42 Å². The minimum atomic E-state index is -0.604. The van der Waals surface area contributed by atoms with Crippen LogP contribution in [0.15, 0.2) is 48.6 Å². The van der Waals surface area contributed by atoms with E-state index in [4.69, 9.17) is 27.9 Å². The summed E-state index contributed by atoms with van der Waals surface area (Å²) in [5.74, 6) is -0.371. The molecule has 0 aliphatic rings. The van der Waals surface area contributed by atoms with Crippen LogP contribution in [0.3, 0.4) is 0 Å². The second-order valence-corrected chi connectivity index (χ2v) is 6.29. The average Bonchev–Trinajstić information content (AvgIpc) is 2.65. The summed E-state index contributed by atoms with van der Waals surface area (Å²) < 4.78 is 5.14. The summed E-state index contributed by atoms with van der Waals surface area (Å²) >= 11 is 11.8. The summed E-state index contributed by atoms with van der Waals surface area (Å²) in [5, 5.41) is 22.7. The third-order valence-electron chi connectivity index (χ3n) is 3.61. The number of amides is 1. The van der Waals surface area contributed by atoms with E-state index in [1.165, 1.54) is 25.3 Å². The van der Waals surface area contributed by atoms with Gasteiger partial charge < -0.3 is 15.2 Å². The van der Waals surface area contributed by atoms with Crippen LogP contribution in [0.5, 0.6) is 11.5 Å². The normalized spacial score (nSPS) is 10.8. The van der Waals surface area contributed by atoms with Crippen LogP contribution in [0.1, 0.15) is 11.1 Å². The Morgan fingerprint density at radius 3 is 2.67 bits per heavy atom. The number of halogens is 2. The maximum absolute atomic E-state index is 12.4. The number of phenolic OH excluding ortho intramolecular Hbond substituents is 1. The zero-order valence-electron chi connectivity index (χ0n) is 14.4. The van der Waals surface area contributed by atoms with Gasteiger partial charge in [-0.15, -0.1) is 6.58 Å². The van der Waals surface area contributed by atoms with Crippen LogP contribution in [0, 0.1) is 11.3 Å². The highest BCUT2D eigenvalue weighted by molar-refractivity contribution is 6.42. The molecule has 2 N–H and O–H groups in total. The number of ether oxygens (including phenoxy) is 1. The number of methoxy groups -OCH3 is 1. The molecule has 0 saturated carbocycles. The number of carbonyl (C=O) groups is 1. The van der Waals surface area contributed by atoms with E-state index in [0.29, 0.717) is 28.3 Å². The fourth-order valence-electron chi connectivity index (χ4n) is 2.33. The van der Waals surface area contributed by atoms with E-state index in [1.54, 1.807) is 24.3 Å². The molecule has 27 heavy (non-hydrogen) atoms. The van der Waals surface area contributed by atoms with Gasteiger partial charge in [0.15, 0.2) is 11.5 Å². The van der Waals surface area contributed by atoms with Crippen LogP contribution in [-0.4, -0.2) is 18.1 Å². The summed E-state index contributed by atoms with van der Waals surface area (Å²) in [6.45, 7) is 3.64. The predicted molar refractivity (Wildman–Crippen MR) is 107 cm³/mol. The van der Waals surface area contributed by atoms with E-state index in [0.717, 1.165) is 0 Å². The molecular formula is C20H16Cl2N2O3. The predicted octanol–water partition coefficient (Wildman–Crippen LogP) is 4.98. The van der Waals surface area contributed by atoms with Crippen molar-refractivity contribution in [1.29, 1.82) is 5.26 Å². The minimum absolute atomic E-state index is 0.00619. The average molecular weight is 403 g/mol. The molecule has 2 aromatic rings. The minimum Gasteiger partial charge on any atom is -0.504 e. The van der Waals surface area contributed by atoms with Gasteiger partial charge in [0.05, 0.1) is 17.2 Å². The SMILES string of the molecule is C=CCc1cc(/C=C(\C#N)C(=O)Nc2ccc(Cl)c(Cl)c2)cc(OC)c1O. The Bertz CT molecular complexity index is 962. The topological polar surface area (TPSA) is 82.4 Å². The lowest BCUT2D eigenvalue weighted by atomic mass is 10.0. The molecule has 2 rings (SSSR count). The first-order valence-corrected chi connectivity index (χ1v) is 8.54. The van der Waals surface area contributed by atoms with Crippen molar-refractivity contribution in [3.8, 4) is 17.6 Å². The summed E-state index contributed by atoms with van der Waals surface area (Å²) in [7, 11) is 1.42. The Balaban J connectivity index is 2.35. The monoisotopic (exact) mass is 402 g/mol. The van der Waals surface area contributed by atoms with E-state index in [2.05, 4.69) is 11.9 Å². The highest BCUT2D eigenvalue weighted by Gasteiger charge is 2.13. The number of nitrogens with zero attached hydrogens (tertiary/aromatic N) is 1. The molecule has 0 unspecified atom stereocenters. The summed E-state index contributed by atoms with van der Waals surface area (Å²) in [4.78, 5) is 12.4. The van der Waals surface area contributed by atoms with Gasteiger partial charge in [-0.1, -0.05) is 29.3 Å². The standard InChI is InChI=1S/C20H16Cl2N2O3/c1-3-4-13-7-12(9-18(27-2)19(13)25)8-14(11-23)20(26)24-15-5-6-16(21)17(22)10-15/h3,5-10,25H,1,4H2,2H3,(H,24,26)/b14-8+. The molecule has 5 nitrogen and oxygen atoms in total. The molecule has 0 aliphatic carbocycles. The number of benzene rings is 2. The van der Waals surface area contributed by atoms with Crippen LogP contribution >= 0.6 is 23.2 Å². The summed E-state index contributed by atoms with van der Waals surface area (Å²) in [6.07, 6.45) is 3.44. The molecule has 0 radical (unpaired) electrons. The van der Waals surface area contributed by atoms with Crippen LogP contribution in [0.2, 0.25) is 10.0 Å². The van der Waals surface area contributed by atoms with Crippen molar-refractivity contribution in [1.82, 2.24) is 0 Å². The first kappa shape index (κ1) is 20.4. The fourth-order valence-corrected chi connectivity index (χ4v) is 2.62. The summed E-state index contributed by atoms with van der Waals surface area (Å²) in [5.41, 5.74) is 1.38. The Morgan fingerprint density at radius 1 is 1.33 bits per heavy atom. The number of aromatic hydroxyl groups is 1. The first-order chi connectivity index (χ1) is 12.9. The maximum Gasteiger partial charge on any atom is 0.266 e. The number of allylic oxidation sites excluding steroid dienone is 1. The first-order valence-electron chi connectivity index (χ1n) is 7.78. The number of hydrogen-bond donors (Lipinski definition) is 2. The third-order valence-corrected chi connectivity index (χ3v) is 4.35. The smallest absolute Gasteiger partial charge is 0.266 e. The number of rotatable bonds is 6. The molecule has 0 saturated heterocycles. The lowest BCUT2D eigenvalue weighted by Gasteiger charge is -2.10. The summed E-state index contributed by atoms with van der Waals surface area (Å²) in [6, 6.07) is 9.66. The second-order valence-electron chi connectivity index (χ2n) is 5.48. The van der Waals surface area contributed by atoms with Gasteiger partial charge in [-0.3, -0.25) is 4.79 Å². The molecule has 7 heteroatoms. The second kappa shape index (κ2) is 9.13. The Hall–Kier alpha value is -2.94. The molecule has 138 valence electrons. The van der Waals surface area contributed by atoms with Gasteiger partial charge in [0.2, 0.25) is 0 Å². The third kappa shape index (κ3) is 5.04. The van der Waals surface area contributed by atoms with Crippen LogP contribution in [0.4, 0.5) is 5.69 Å². The van der Waals surface area contributed by atoms with E-state index in [-0.39, 0.29) is 22.1 Å².